The van der Waals surface area contributed by atoms with Crippen LogP contribution in [0.4, 0.5) is 0 Å². The molecule has 0 aliphatic heterocycles. The fourth-order valence-corrected chi connectivity index (χ4v) is 2.35. The van der Waals surface area contributed by atoms with E-state index in [1.54, 1.807) is 6.20 Å². The van der Waals surface area contributed by atoms with E-state index in [-0.39, 0.29) is 0 Å². The van der Waals surface area contributed by atoms with Crippen molar-refractivity contribution in [2.75, 3.05) is 0 Å². The quantitative estimate of drug-likeness (QED) is 0.730. The van der Waals surface area contributed by atoms with Gasteiger partial charge in [-0.2, -0.15) is 10.2 Å². The average Bonchev–Trinajstić information content (AvgIpc) is 3.19. The SMILES string of the molecule is CCn1nccc1CNCc1ccc(-c2ccn[nH]2)cc1. The molecular weight excluding hydrogens is 262 g/mol. The first kappa shape index (κ1) is 13.6. The van der Waals surface area contributed by atoms with Crippen molar-refractivity contribution in [2.45, 2.75) is 26.6 Å². The van der Waals surface area contributed by atoms with Crippen LogP contribution in [-0.4, -0.2) is 20.0 Å². The van der Waals surface area contributed by atoms with Gasteiger partial charge in [-0.15, -0.1) is 0 Å². The maximum Gasteiger partial charge on any atom is 0.0650 e. The molecule has 5 heteroatoms. The van der Waals surface area contributed by atoms with E-state index in [2.05, 4.69) is 57.9 Å². The lowest BCUT2D eigenvalue weighted by molar-refractivity contribution is 0.581. The van der Waals surface area contributed by atoms with E-state index in [0.29, 0.717) is 0 Å². The van der Waals surface area contributed by atoms with E-state index in [1.807, 2.05) is 16.9 Å². The molecule has 5 nitrogen and oxygen atoms in total. The summed E-state index contributed by atoms with van der Waals surface area (Å²) >= 11 is 0. The molecule has 1 aromatic carbocycles. The Kier molecular flexibility index (Phi) is 4.12. The molecule has 0 aliphatic rings. The van der Waals surface area contributed by atoms with Crippen LogP contribution in [0.25, 0.3) is 11.3 Å². The molecule has 3 rings (SSSR count). The number of benzene rings is 1. The maximum absolute atomic E-state index is 4.27. The van der Waals surface area contributed by atoms with Gasteiger partial charge in [0.05, 0.1) is 11.4 Å². The summed E-state index contributed by atoms with van der Waals surface area (Å²) in [5, 5.41) is 14.7. The Morgan fingerprint density at radius 1 is 1.05 bits per heavy atom. The molecule has 0 fully saturated rings. The molecule has 21 heavy (non-hydrogen) atoms. The van der Waals surface area contributed by atoms with E-state index in [9.17, 15) is 0 Å². The molecule has 0 aliphatic carbocycles. The van der Waals surface area contributed by atoms with Crippen molar-refractivity contribution in [3.8, 4) is 11.3 Å². The number of rotatable bonds is 6. The van der Waals surface area contributed by atoms with Crippen LogP contribution in [-0.2, 0) is 19.6 Å². The van der Waals surface area contributed by atoms with Crippen molar-refractivity contribution in [3.05, 3.63) is 60.0 Å². The van der Waals surface area contributed by atoms with E-state index in [1.165, 1.54) is 11.3 Å². The number of hydrogen-bond acceptors (Lipinski definition) is 3. The molecular formula is C16H19N5. The first-order chi connectivity index (χ1) is 10.4. The molecule has 0 amide bonds. The van der Waals surface area contributed by atoms with Gasteiger partial charge >= 0.3 is 0 Å². The monoisotopic (exact) mass is 281 g/mol. The second-order valence-electron chi connectivity index (χ2n) is 4.91. The highest BCUT2D eigenvalue weighted by atomic mass is 15.3. The fourth-order valence-electron chi connectivity index (χ4n) is 2.35. The van der Waals surface area contributed by atoms with Crippen molar-refractivity contribution >= 4 is 0 Å². The molecule has 0 bridgehead atoms. The van der Waals surface area contributed by atoms with Crippen molar-refractivity contribution in [3.63, 3.8) is 0 Å². The standard InChI is InChI=1S/C16H19N5/c1-2-21-15(7-10-19-21)12-17-11-13-3-5-14(6-4-13)16-8-9-18-20-16/h3-10,17H,2,11-12H2,1H3,(H,18,20). The first-order valence-electron chi connectivity index (χ1n) is 7.17. The normalized spacial score (nSPS) is 10.9. The summed E-state index contributed by atoms with van der Waals surface area (Å²) in [5.41, 5.74) is 4.68. The molecule has 2 heterocycles. The lowest BCUT2D eigenvalue weighted by Gasteiger charge is -2.07. The third-order valence-corrected chi connectivity index (χ3v) is 3.50. The summed E-state index contributed by atoms with van der Waals surface area (Å²) in [6, 6.07) is 12.5. The van der Waals surface area contributed by atoms with E-state index in [0.717, 1.165) is 30.9 Å². The van der Waals surface area contributed by atoms with Gasteiger partial charge in [-0.3, -0.25) is 9.78 Å². The molecule has 0 radical (unpaired) electrons. The zero-order chi connectivity index (χ0) is 14.5. The van der Waals surface area contributed by atoms with Gasteiger partial charge < -0.3 is 5.32 Å². The topological polar surface area (TPSA) is 58.5 Å². The van der Waals surface area contributed by atoms with Crippen molar-refractivity contribution in [2.24, 2.45) is 0 Å². The van der Waals surface area contributed by atoms with Crippen LogP contribution in [0.2, 0.25) is 0 Å². The van der Waals surface area contributed by atoms with E-state index in [4.69, 9.17) is 0 Å². The number of aromatic nitrogens is 4. The summed E-state index contributed by atoms with van der Waals surface area (Å²) in [6.07, 6.45) is 3.61. The highest BCUT2D eigenvalue weighted by Crippen LogP contribution is 2.16. The highest BCUT2D eigenvalue weighted by Gasteiger charge is 2.01. The van der Waals surface area contributed by atoms with Crippen molar-refractivity contribution in [1.29, 1.82) is 0 Å². The minimum absolute atomic E-state index is 0.830. The Labute approximate surface area is 124 Å². The Morgan fingerprint density at radius 3 is 2.62 bits per heavy atom. The lowest BCUT2D eigenvalue weighted by Crippen LogP contribution is -2.16. The van der Waals surface area contributed by atoms with Crippen LogP contribution in [0.3, 0.4) is 0 Å². The second-order valence-corrected chi connectivity index (χ2v) is 4.91. The third kappa shape index (κ3) is 3.20. The van der Waals surface area contributed by atoms with Crippen LogP contribution in [0.1, 0.15) is 18.2 Å². The number of H-pyrrole nitrogens is 1. The van der Waals surface area contributed by atoms with Gasteiger partial charge in [0.25, 0.3) is 0 Å². The predicted molar refractivity (Wildman–Crippen MR) is 82.5 cm³/mol. The van der Waals surface area contributed by atoms with Crippen LogP contribution in [0, 0.1) is 0 Å². The predicted octanol–water partition coefficient (Wildman–Crippen LogP) is 2.58. The first-order valence-corrected chi connectivity index (χ1v) is 7.17. The Balaban J connectivity index is 1.56. The molecule has 0 saturated carbocycles. The van der Waals surface area contributed by atoms with Crippen LogP contribution >= 0.6 is 0 Å². The molecule has 2 N–H and O–H groups in total. The Bertz CT molecular complexity index is 667. The maximum atomic E-state index is 4.27. The summed E-state index contributed by atoms with van der Waals surface area (Å²) in [6.45, 7) is 4.68. The molecule has 0 atom stereocenters. The lowest BCUT2D eigenvalue weighted by atomic mass is 10.1. The van der Waals surface area contributed by atoms with Gasteiger partial charge in [0.15, 0.2) is 0 Å². The minimum Gasteiger partial charge on any atom is -0.307 e. The number of hydrogen-bond donors (Lipinski definition) is 2. The van der Waals surface area contributed by atoms with Gasteiger partial charge in [0, 0.05) is 32.0 Å². The van der Waals surface area contributed by atoms with E-state index < -0.39 is 0 Å². The third-order valence-electron chi connectivity index (χ3n) is 3.50. The minimum atomic E-state index is 0.830. The zero-order valence-corrected chi connectivity index (χ0v) is 12.1. The van der Waals surface area contributed by atoms with Gasteiger partial charge in [-0.05, 0) is 30.2 Å². The zero-order valence-electron chi connectivity index (χ0n) is 12.1. The number of nitrogens with one attached hydrogen (secondary N) is 2. The summed E-state index contributed by atoms with van der Waals surface area (Å²) in [4.78, 5) is 0. The Morgan fingerprint density at radius 2 is 1.90 bits per heavy atom. The van der Waals surface area contributed by atoms with Gasteiger partial charge in [0.2, 0.25) is 0 Å². The van der Waals surface area contributed by atoms with Gasteiger partial charge in [-0.25, -0.2) is 0 Å². The average molecular weight is 281 g/mol. The number of nitrogens with zero attached hydrogens (tertiary/aromatic N) is 3. The van der Waals surface area contributed by atoms with Gasteiger partial charge in [0.1, 0.15) is 0 Å². The highest BCUT2D eigenvalue weighted by molar-refractivity contribution is 5.58. The summed E-state index contributed by atoms with van der Waals surface area (Å²) in [7, 11) is 0. The largest absolute Gasteiger partial charge is 0.307 e. The van der Waals surface area contributed by atoms with Crippen LogP contribution in [0.15, 0.2) is 48.8 Å². The van der Waals surface area contributed by atoms with Crippen molar-refractivity contribution < 1.29 is 0 Å². The second kappa shape index (κ2) is 6.37. The molecule has 0 unspecified atom stereocenters. The van der Waals surface area contributed by atoms with Crippen molar-refractivity contribution in [1.82, 2.24) is 25.3 Å². The summed E-state index contributed by atoms with van der Waals surface area (Å²) in [5.74, 6) is 0. The van der Waals surface area contributed by atoms with Crippen LogP contribution < -0.4 is 5.32 Å². The number of aryl methyl sites for hydroxylation is 1. The Hall–Kier alpha value is -2.40. The van der Waals surface area contributed by atoms with E-state index >= 15 is 0 Å². The molecule has 108 valence electrons. The molecule has 0 saturated heterocycles. The van der Waals surface area contributed by atoms with Crippen LogP contribution in [0.5, 0.6) is 0 Å². The fraction of sp³-hybridized carbons (Fsp3) is 0.250. The number of aromatic amines is 1. The molecule has 2 aromatic heterocycles. The summed E-state index contributed by atoms with van der Waals surface area (Å²) < 4.78 is 2.01. The molecule has 0 spiro atoms. The smallest absolute Gasteiger partial charge is 0.0650 e. The molecule has 3 aromatic rings. The van der Waals surface area contributed by atoms with Gasteiger partial charge in [-0.1, -0.05) is 24.3 Å².